The summed E-state index contributed by atoms with van der Waals surface area (Å²) in [5, 5.41) is 7.32. The van der Waals surface area contributed by atoms with Crippen molar-refractivity contribution in [2.45, 2.75) is 63.6 Å². The van der Waals surface area contributed by atoms with E-state index >= 15 is 0 Å². The van der Waals surface area contributed by atoms with Gasteiger partial charge < -0.3 is 14.8 Å². The van der Waals surface area contributed by atoms with Crippen LogP contribution in [0.4, 0.5) is 0 Å². The molecular weight excluding hydrogens is 368 g/mol. The summed E-state index contributed by atoms with van der Waals surface area (Å²) < 4.78 is 3.83. The van der Waals surface area contributed by atoms with Gasteiger partial charge in [-0.1, -0.05) is 13.3 Å². The van der Waals surface area contributed by atoms with Crippen LogP contribution in [0.3, 0.4) is 0 Å². The fourth-order valence-corrected chi connectivity index (χ4v) is 5.21. The number of imidazole rings is 1. The van der Waals surface area contributed by atoms with Gasteiger partial charge in [-0.2, -0.15) is 5.10 Å². The maximum Gasteiger partial charge on any atom is 0.245 e. The number of rotatable bonds is 6. The normalized spacial score (nSPS) is 24.1. The van der Waals surface area contributed by atoms with E-state index in [4.69, 9.17) is 0 Å². The summed E-state index contributed by atoms with van der Waals surface area (Å²) in [7, 11) is 0. The van der Waals surface area contributed by atoms with Crippen LogP contribution in [-0.4, -0.2) is 49.1 Å². The van der Waals surface area contributed by atoms with E-state index in [0.717, 1.165) is 37.9 Å². The minimum atomic E-state index is -0.381. The molecule has 8 nitrogen and oxygen atoms in total. The number of nitrogens with one attached hydrogen (secondary N) is 1. The second-order valence-corrected chi connectivity index (χ2v) is 9.00. The van der Waals surface area contributed by atoms with Crippen molar-refractivity contribution < 1.29 is 9.59 Å². The van der Waals surface area contributed by atoms with Crippen LogP contribution in [0.2, 0.25) is 0 Å². The van der Waals surface area contributed by atoms with Crippen molar-refractivity contribution in [3.05, 3.63) is 36.7 Å². The molecule has 2 aliphatic heterocycles. The van der Waals surface area contributed by atoms with E-state index in [2.05, 4.69) is 26.9 Å². The third-order valence-electron chi connectivity index (χ3n) is 6.99. The average Bonchev–Trinajstić information content (AvgIpc) is 3.09. The van der Waals surface area contributed by atoms with E-state index in [1.165, 1.54) is 0 Å². The summed E-state index contributed by atoms with van der Waals surface area (Å²) in [4.78, 5) is 32.3. The van der Waals surface area contributed by atoms with Crippen LogP contribution in [0, 0.1) is 5.41 Å². The minimum absolute atomic E-state index is 0.0718. The molecule has 1 saturated heterocycles. The Morgan fingerprint density at radius 3 is 2.72 bits per heavy atom. The Balaban J connectivity index is 1.27. The first kappa shape index (κ1) is 18.4. The highest BCUT2D eigenvalue weighted by atomic mass is 16.2. The summed E-state index contributed by atoms with van der Waals surface area (Å²) >= 11 is 0. The Bertz CT molecular complexity index is 923. The van der Waals surface area contributed by atoms with E-state index in [1.54, 1.807) is 23.3 Å². The van der Waals surface area contributed by atoms with Gasteiger partial charge in [0.15, 0.2) is 0 Å². The number of hydrogen-bond acceptors (Lipinski definition) is 4. The van der Waals surface area contributed by atoms with Gasteiger partial charge in [0.05, 0.1) is 11.6 Å². The maximum absolute atomic E-state index is 13.0. The molecule has 1 saturated carbocycles. The topological polar surface area (TPSA) is 85.1 Å². The Morgan fingerprint density at radius 1 is 1.28 bits per heavy atom. The van der Waals surface area contributed by atoms with E-state index in [-0.39, 0.29) is 28.9 Å². The van der Waals surface area contributed by atoms with Crippen molar-refractivity contribution >= 4 is 11.8 Å². The van der Waals surface area contributed by atoms with Crippen LogP contribution in [0.1, 0.15) is 63.9 Å². The lowest BCUT2D eigenvalue weighted by molar-refractivity contribution is -0.148. The fourth-order valence-electron chi connectivity index (χ4n) is 5.21. The van der Waals surface area contributed by atoms with Crippen LogP contribution < -0.4 is 5.32 Å². The minimum Gasteiger partial charge on any atom is -0.344 e. The van der Waals surface area contributed by atoms with Crippen LogP contribution >= 0.6 is 0 Å². The summed E-state index contributed by atoms with van der Waals surface area (Å²) in [6, 6.07) is 1.29. The highest BCUT2D eigenvalue weighted by Crippen LogP contribution is 2.54. The maximum atomic E-state index is 13.0. The number of nitrogens with zero attached hydrogens (tertiary/aromatic N) is 5. The molecular formula is C21H28N6O2. The number of fused-ring (bicyclic) bond motifs is 2. The average molecular weight is 396 g/mol. The summed E-state index contributed by atoms with van der Waals surface area (Å²) in [5.74, 6) is 1.14. The number of likely N-dealkylation sites (tertiary alicyclic amines) is 1. The monoisotopic (exact) mass is 396 g/mol. The molecule has 2 aromatic rings. The SMILES string of the molecule is CCCC1(C(=O)N2CC3(CC(NC(=O)C(C)n4cccn4)c4nccn43)C2)CC1. The molecule has 2 unspecified atom stereocenters. The standard InChI is InChI=1S/C21H28N6O2/c1-3-5-20(6-7-20)19(29)25-13-21(14-25)12-16(17-22-9-11-26(17)21)24-18(28)15(2)27-10-4-8-23-27/h4,8-11,15-16H,3,5-7,12-14H2,1-2H3,(H,24,28). The van der Waals surface area contributed by atoms with Crippen molar-refractivity contribution in [3.8, 4) is 0 Å². The van der Waals surface area contributed by atoms with Crippen molar-refractivity contribution in [3.63, 3.8) is 0 Å². The first-order chi connectivity index (χ1) is 14.0. The van der Waals surface area contributed by atoms with Crippen molar-refractivity contribution in [2.24, 2.45) is 5.41 Å². The largest absolute Gasteiger partial charge is 0.344 e. The third-order valence-corrected chi connectivity index (χ3v) is 6.99. The molecule has 1 N–H and O–H groups in total. The zero-order valence-electron chi connectivity index (χ0n) is 17.0. The second kappa shape index (κ2) is 6.43. The lowest BCUT2D eigenvalue weighted by Crippen LogP contribution is -2.64. The molecule has 3 aliphatic rings. The van der Waals surface area contributed by atoms with Gasteiger partial charge in [-0.25, -0.2) is 4.98 Å². The zero-order chi connectivity index (χ0) is 20.2. The first-order valence-corrected chi connectivity index (χ1v) is 10.6. The predicted molar refractivity (Wildman–Crippen MR) is 106 cm³/mol. The fraction of sp³-hybridized carbons (Fsp3) is 0.619. The Labute approximate surface area is 170 Å². The lowest BCUT2D eigenvalue weighted by Gasteiger charge is -2.50. The highest BCUT2D eigenvalue weighted by molar-refractivity contribution is 5.86. The smallest absolute Gasteiger partial charge is 0.245 e. The van der Waals surface area contributed by atoms with Gasteiger partial charge in [0.25, 0.3) is 0 Å². The van der Waals surface area contributed by atoms with Crippen molar-refractivity contribution in [1.82, 2.24) is 29.5 Å². The number of carbonyl (C=O) groups excluding carboxylic acids is 2. The quantitative estimate of drug-likeness (QED) is 0.810. The number of hydrogen-bond donors (Lipinski definition) is 1. The van der Waals surface area contributed by atoms with E-state index in [1.807, 2.05) is 24.1 Å². The zero-order valence-corrected chi connectivity index (χ0v) is 17.0. The number of aromatic nitrogens is 4. The third kappa shape index (κ3) is 2.80. The molecule has 29 heavy (non-hydrogen) atoms. The van der Waals surface area contributed by atoms with E-state index < -0.39 is 0 Å². The second-order valence-electron chi connectivity index (χ2n) is 9.00. The number of amides is 2. The molecule has 1 spiro atoms. The van der Waals surface area contributed by atoms with Gasteiger partial charge in [0.1, 0.15) is 11.9 Å². The Morgan fingerprint density at radius 2 is 2.07 bits per heavy atom. The van der Waals surface area contributed by atoms with Crippen LogP contribution in [0.25, 0.3) is 0 Å². The molecule has 2 atom stereocenters. The van der Waals surface area contributed by atoms with Gasteiger partial charge in [0, 0.05) is 49.7 Å². The molecule has 154 valence electrons. The van der Waals surface area contributed by atoms with E-state index in [0.29, 0.717) is 19.0 Å². The molecule has 2 amide bonds. The molecule has 1 aliphatic carbocycles. The summed E-state index contributed by atoms with van der Waals surface area (Å²) in [6.07, 6.45) is 12.1. The van der Waals surface area contributed by atoms with Crippen LogP contribution in [-0.2, 0) is 15.1 Å². The molecule has 2 fully saturated rings. The summed E-state index contributed by atoms with van der Waals surface area (Å²) in [6.45, 7) is 5.41. The van der Waals surface area contributed by atoms with Gasteiger partial charge in [0.2, 0.25) is 11.8 Å². The Kier molecular flexibility index (Phi) is 4.08. The molecule has 8 heteroatoms. The summed E-state index contributed by atoms with van der Waals surface area (Å²) in [5.41, 5.74) is -0.226. The lowest BCUT2D eigenvalue weighted by atomic mass is 9.84. The van der Waals surface area contributed by atoms with Gasteiger partial charge >= 0.3 is 0 Å². The van der Waals surface area contributed by atoms with Crippen molar-refractivity contribution in [1.29, 1.82) is 0 Å². The molecule has 4 heterocycles. The predicted octanol–water partition coefficient (Wildman–Crippen LogP) is 2.02. The molecule has 0 radical (unpaired) electrons. The van der Waals surface area contributed by atoms with Crippen LogP contribution in [0.5, 0.6) is 0 Å². The molecule has 0 aromatic carbocycles. The molecule has 2 aromatic heterocycles. The van der Waals surface area contributed by atoms with Gasteiger partial charge in [-0.3, -0.25) is 14.3 Å². The molecule has 0 bridgehead atoms. The van der Waals surface area contributed by atoms with Gasteiger partial charge in [-0.15, -0.1) is 0 Å². The van der Waals surface area contributed by atoms with E-state index in [9.17, 15) is 9.59 Å². The highest BCUT2D eigenvalue weighted by Gasteiger charge is 2.59. The number of carbonyl (C=O) groups is 2. The molecule has 5 rings (SSSR count). The Hall–Kier alpha value is -2.64. The van der Waals surface area contributed by atoms with Crippen LogP contribution in [0.15, 0.2) is 30.9 Å². The van der Waals surface area contributed by atoms with Crippen molar-refractivity contribution in [2.75, 3.05) is 13.1 Å². The van der Waals surface area contributed by atoms with Gasteiger partial charge in [-0.05, 0) is 32.3 Å². The first-order valence-electron chi connectivity index (χ1n) is 10.6.